The maximum absolute atomic E-state index is 6.01. The molecule has 0 aliphatic carbocycles. The van der Waals surface area contributed by atoms with Crippen LogP contribution in [-0.4, -0.2) is 9.61 Å². The number of nitrogens with zero attached hydrogens (tertiary/aromatic N) is 2. The van der Waals surface area contributed by atoms with Crippen molar-refractivity contribution in [2.75, 3.05) is 5.73 Å². The van der Waals surface area contributed by atoms with Gasteiger partial charge in [0.05, 0.1) is 16.7 Å². The zero-order valence-electron chi connectivity index (χ0n) is 7.51. The number of para-hydroxylation sites is 1. The monoisotopic (exact) mass is 183 g/mol. The molecule has 2 heterocycles. The average molecular weight is 183 g/mol. The fraction of sp³-hybridized carbons (Fsp3) is 0. The van der Waals surface area contributed by atoms with Crippen LogP contribution in [0.5, 0.6) is 0 Å². The Morgan fingerprint density at radius 2 is 1.79 bits per heavy atom. The smallest absolute Gasteiger partial charge is 0.0889 e. The lowest BCUT2D eigenvalue weighted by Crippen LogP contribution is -1.89. The Balaban J connectivity index is 2.69. The standard InChI is InChI=1S/C11H9N3/c12-11-8-4-1-2-5-9(8)14-10(11)6-3-7-13-14/h1-7H,12H2. The summed E-state index contributed by atoms with van der Waals surface area (Å²) in [7, 11) is 0. The van der Waals surface area contributed by atoms with Crippen LogP contribution in [0.25, 0.3) is 16.4 Å². The first-order valence-corrected chi connectivity index (χ1v) is 4.48. The zero-order valence-corrected chi connectivity index (χ0v) is 7.51. The molecular weight excluding hydrogens is 174 g/mol. The first-order valence-electron chi connectivity index (χ1n) is 4.48. The zero-order chi connectivity index (χ0) is 9.54. The van der Waals surface area contributed by atoms with E-state index in [1.165, 1.54) is 0 Å². The van der Waals surface area contributed by atoms with E-state index < -0.39 is 0 Å². The largest absolute Gasteiger partial charge is 0.396 e. The maximum atomic E-state index is 6.01. The maximum Gasteiger partial charge on any atom is 0.0889 e. The summed E-state index contributed by atoms with van der Waals surface area (Å²) in [5.74, 6) is 0. The van der Waals surface area contributed by atoms with Gasteiger partial charge in [-0.15, -0.1) is 0 Å². The minimum Gasteiger partial charge on any atom is -0.396 e. The first-order chi connectivity index (χ1) is 6.88. The van der Waals surface area contributed by atoms with Crippen LogP contribution in [0.4, 0.5) is 5.69 Å². The van der Waals surface area contributed by atoms with Crippen molar-refractivity contribution in [1.29, 1.82) is 0 Å². The highest BCUT2D eigenvalue weighted by molar-refractivity contribution is 6.01. The van der Waals surface area contributed by atoms with Crippen LogP contribution in [0.1, 0.15) is 0 Å². The molecule has 0 fully saturated rings. The highest BCUT2D eigenvalue weighted by Gasteiger charge is 2.07. The van der Waals surface area contributed by atoms with Crippen LogP contribution in [0, 0.1) is 0 Å². The van der Waals surface area contributed by atoms with Gasteiger partial charge in [-0.2, -0.15) is 5.10 Å². The van der Waals surface area contributed by atoms with Crippen molar-refractivity contribution < 1.29 is 0 Å². The molecular formula is C11H9N3. The van der Waals surface area contributed by atoms with Crippen molar-refractivity contribution in [3.8, 4) is 0 Å². The molecule has 3 aromatic rings. The van der Waals surface area contributed by atoms with E-state index in [2.05, 4.69) is 5.10 Å². The van der Waals surface area contributed by atoms with E-state index in [1.54, 1.807) is 6.20 Å². The summed E-state index contributed by atoms with van der Waals surface area (Å²) in [6.07, 6.45) is 1.76. The summed E-state index contributed by atoms with van der Waals surface area (Å²) in [5, 5.41) is 5.33. The quantitative estimate of drug-likeness (QED) is 0.579. The van der Waals surface area contributed by atoms with Gasteiger partial charge in [-0.3, -0.25) is 0 Å². The van der Waals surface area contributed by atoms with E-state index >= 15 is 0 Å². The third-order valence-electron chi connectivity index (χ3n) is 2.45. The molecule has 0 aliphatic rings. The third kappa shape index (κ3) is 0.785. The second-order valence-electron chi connectivity index (χ2n) is 3.25. The first kappa shape index (κ1) is 7.38. The van der Waals surface area contributed by atoms with E-state index in [4.69, 9.17) is 5.73 Å². The Kier molecular flexibility index (Phi) is 1.31. The van der Waals surface area contributed by atoms with Crippen molar-refractivity contribution in [3.05, 3.63) is 42.6 Å². The molecule has 0 radical (unpaired) electrons. The minimum atomic E-state index is 0.800. The number of fused-ring (bicyclic) bond motifs is 3. The van der Waals surface area contributed by atoms with E-state index in [0.29, 0.717) is 0 Å². The van der Waals surface area contributed by atoms with Crippen LogP contribution in [0.2, 0.25) is 0 Å². The Hall–Kier alpha value is -2.03. The molecule has 1 aromatic carbocycles. The van der Waals surface area contributed by atoms with Crippen molar-refractivity contribution in [2.45, 2.75) is 0 Å². The molecule has 0 atom stereocenters. The number of anilines is 1. The van der Waals surface area contributed by atoms with Gasteiger partial charge >= 0.3 is 0 Å². The molecule has 0 bridgehead atoms. The normalized spacial score (nSPS) is 11.1. The molecule has 3 rings (SSSR count). The van der Waals surface area contributed by atoms with Gasteiger partial charge in [0.2, 0.25) is 0 Å². The van der Waals surface area contributed by atoms with Gasteiger partial charge in [0.15, 0.2) is 0 Å². The lowest BCUT2D eigenvalue weighted by Gasteiger charge is -1.92. The number of nitrogen functional groups attached to an aromatic ring is 1. The summed E-state index contributed by atoms with van der Waals surface area (Å²) in [4.78, 5) is 0. The Bertz CT molecular complexity index is 557. The summed E-state index contributed by atoms with van der Waals surface area (Å²) in [5.41, 5.74) is 8.84. The summed E-state index contributed by atoms with van der Waals surface area (Å²) < 4.78 is 1.87. The number of hydrogen-bond donors (Lipinski definition) is 1. The molecule has 0 spiro atoms. The topological polar surface area (TPSA) is 43.3 Å². The number of rotatable bonds is 0. The van der Waals surface area contributed by atoms with E-state index in [-0.39, 0.29) is 0 Å². The predicted octanol–water partition coefficient (Wildman–Crippen LogP) is 2.07. The van der Waals surface area contributed by atoms with Crippen LogP contribution in [0.15, 0.2) is 42.6 Å². The molecule has 0 unspecified atom stereocenters. The summed E-state index contributed by atoms with van der Waals surface area (Å²) in [6.45, 7) is 0. The van der Waals surface area contributed by atoms with Gasteiger partial charge in [-0.25, -0.2) is 4.52 Å². The van der Waals surface area contributed by atoms with Crippen LogP contribution >= 0.6 is 0 Å². The average Bonchev–Trinajstić information content (AvgIpc) is 2.55. The molecule has 0 aliphatic heterocycles. The van der Waals surface area contributed by atoms with Crippen molar-refractivity contribution in [2.24, 2.45) is 0 Å². The van der Waals surface area contributed by atoms with Gasteiger partial charge in [-0.1, -0.05) is 18.2 Å². The molecule has 68 valence electrons. The summed E-state index contributed by atoms with van der Waals surface area (Å²) >= 11 is 0. The molecule has 0 saturated carbocycles. The van der Waals surface area contributed by atoms with Gasteiger partial charge in [0, 0.05) is 11.6 Å². The predicted molar refractivity (Wildman–Crippen MR) is 57.1 cm³/mol. The number of benzene rings is 1. The van der Waals surface area contributed by atoms with E-state index in [9.17, 15) is 0 Å². The second kappa shape index (κ2) is 2.48. The molecule has 3 nitrogen and oxygen atoms in total. The van der Waals surface area contributed by atoms with Crippen LogP contribution < -0.4 is 5.73 Å². The van der Waals surface area contributed by atoms with Crippen molar-refractivity contribution in [1.82, 2.24) is 9.61 Å². The number of hydrogen-bond acceptors (Lipinski definition) is 2. The van der Waals surface area contributed by atoms with Crippen LogP contribution in [-0.2, 0) is 0 Å². The highest BCUT2D eigenvalue weighted by Crippen LogP contribution is 2.27. The van der Waals surface area contributed by atoms with Gasteiger partial charge in [0.1, 0.15) is 0 Å². The van der Waals surface area contributed by atoms with E-state index in [0.717, 1.165) is 22.1 Å². The van der Waals surface area contributed by atoms with Crippen LogP contribution in [0.3, 0.4) is 0 Å². The van der Waals surface area contributed by atoms with Gasteiger partial charge in [-0.05, 0) is 18.2 Å². The Morgan fingerprint density at radius 1 is 1.00 bits per heavy atom. The van der Waals surface area contributed by atoms with E-state index in [1.807, 2.05) is 40.9 Å². The van der Waals surface area contributed by atoms with Crippen molar-refractivity contribution >= 4 is 22.1 Å². The third-order valence-corrected chi connectivity index (χ3v) is 2.45. The van der Waals surface area contributed by atoms with Gasteiger partial charge < -0.3 is 5.73 Å². The molecule has 3 heteroatoms. The van der Waals surface area contributed by atoms with Crippen molar-refractivity contribution in [3.63, 3.8) is 0 Å². The second-order valence-corrected chi connectivity index (χ2v) is 3.25. The highest BCUT2D eigenvalue weighted by atomic mass is 15.2. The number of aromatic nitrogens is 2. The lowest BCUT2D eigenvalue weighted by atomic mass is 10.2. The SMILES string of the molecule is Nc1c2ccccc2n2ncccc12. The molecule has 14 heavy (non-hydrogen) atoms. The minimum absolute atomic E-state index is 0.800. The molecule has 2 N–H and O–H groups in total. The number of nitrogens with two attached hydrogens (primary N) is 1. The molecule has 0 saturated heterocycles. The van der Waals surface area contributed by atoms with Gasteiger partial charge in [0.25, 0.3) is 0 Å². The molecule has 0 amide bonds. The fourth-order valence-electron chi connectivity index (χ4n) is 1.79. The lowest BCUT2D eigenvalue weighted by molar-refractivity contribution is 0.975. The Labute approximate surface area is 80.8 Å². The Morgan fingerprint density at radius 3 is 2.71 bits per heavy atom. The summed E-state index contributed by atoms with van der Waals surface area (Å²) in [6, 6.07) is 11.9. The fourth-order valence-corrected chi connectivity index (χ4v) is 1.79. The molecule has 2 aromatic heterocycles.